The fraction of sp³-hybridized carbons (Fsp3) is 0.588. The van der Waals surface area contributed by atoms with Crippen LogP contribution in [0.4, 0.5) is 0 Å². The third-order valence-corrected chi connectivity index (χ3v) is 5.70. The molecule has 0 saturated carbocycles. The lowest BCUT2D eigenvalue weighted by Gasteiger charge is -2.16. The standard InChI is InChI=1S/C17H27N3O3S.HI/c1-4-18-17(20-15-8-11-24(21,22)12-15)19-9-10-23-16-13(2)6-5-7-14(16)3;/h5-7,15H,4,8-12H2,1-3H3,(H2,18,19,20);1H. The Morgan fingerprint density at radius 3 is 2.56 bits per heavy atom. The SMILES string of the molecule is CCNC(=NCCOc1c(C)cccc1C)NC1CCS(=O)(=O)C1.I. The van der Waals surface area contributed by atoms with E-state index < -0.39 is 9.84 Å². The van der Waals surface area contributed by atoms with Crippen LogP contribution >= 0.6 is 24.0 Å². The lowest BCUT2D eigenvalue weighted by molar-refractivity contribution is 0.324. The highest BCUT2D eigenvalue weighted by Gasteiger charge is 2.28. The van der Waals surface area contributed by atoms with Crippen LogP contribution in [0.2, 0.25) is 0 Å². The van der Waals surface area contributed by atoms with Crippen LogP contribution in [0.3, 0.4) is 0 Å². The van der Waals surface area contributed by atoms with Gasteiger partial charge in [-0.15, -0.1) is 24.0 Å². The molecule has 1 unspecified atom stereocenters. The number of rotatable bonds is 6. The molecule has 8 heteroatoms. The Labute approximate surface area is 167 Å². The molecule has 1 aromatic carbocycles. The smallest absolute Gasteiger partial charge is 0.191 e. The first-order valence-electron chi connectivity index (χ1n) is 8.35. The Bertz CT molecular complexity index is 672. The summed E-state index contributed by atoms with van der Waals surface area (Å²) in [4.78, 5) is 4.47. The van der Waals surface area contributed by atoms with E-state index in [1.54, 1.807) is 0 Å². The molecule has 1 atom stereocenters. The number of hydrogen-bond acceptors (Lipinski definition) is 4. The molecule has 0 aliphatic carbocycles. The molecule has 2 N–H and O–H groups in total. The highest BCUT2D eigenvalue weighted by Crippen LogP contribution is 2.22. The molecular weight excluding hydrogens is 453 g/mol. The van der Waals surface area contributed by atoms with E-state index in [4.69, 9.17) is 4.74 Å². The number of aliphatic imine (C=N–C) groups is 1. The van der Waals surface area contributed by atoms with Crippen LogP contribution in [0.25, 0.3) is 0 Å². The van der Waals surface area contributed by atoms with Crippen molar-refractivity contribution in [1.82, 2.24) is 10.6 Å². The number of guanidine groups is 1. The molecule has 1 heterocycles. The monoisotopic (exact) mass is 481 g/mol. The van der Waals surface area contributed by atoms with Crippen molar-refractivity contribution in [2.45, 2.75) is 33.2 Å². The van der Waals surface area contributed by atoms with Crippen LogP contribution in [-0.2, 0) is 9.84 Å². The molecule has 0 bridgehead atoms. The van der Waals surface area contributed by atoms with Crippen LogP contribution in [0.15, 0.2) is 23.2 Å². The first-order chi connectivity index (χ1) is 11.4. The van der Waals surface area contributed by atoms with E-state index in [0.29, 0.717) is 25.5 Å². The maximum atomic E-state index is 11.5. The number of para-hydroxylation sites is 1. The van der Waals surface area contributed by atoms with Gasteiger partial charge in [-0.05, 0) is 38.3 Å². The molecule has 1 fully saturated rings. The number of halogens is 1. The van der Waals surface area contributed by atoms with Crippen LogP contribution in [0.1, 0.15) is 24.5 Å². The van der Waals surface area contributed by atoms with E-state index in [0.717, 1.165) is 23.4 Å². The van der Waals surface area contributed by atoms with Crippen LogP contribution in [-0.4, -0.2) is 51.6 Å². The van der Waals surface area contributed by atoms with Gasteiger partial charge in [-0.2, -0.15) is 0 Å². The van der Waals surface area contributed by atoms with Crippen LogP contribution in [0, 0.1) is 13.8 Å². The van der Waals surface area contributed by atoms with Gasteiger partial charge in [-0.25, -0.2) is 13.4 Å². The molecule has 142 valence electrons. The highest BCUT2D eigenvalue weighted by atomic mass is 127. The van der Waals surface area contributed by atoms with Gasteiger partial charge in [0, 0.05) is 12.6 Å². The highest BCUT2D eigenvalue weighted by molar-refractivity contribution is 14.0. The molecule has 0 radical (unpaired) electrons. The van der Waals surface area contributed by atoms with Gasteiger partial charge in [0.15, 0.2) is 15.8 Å². The third kappa shape index (κ3) is 7.01. The molecule has 1 aromatic rings. The van der Waals surface area contributed by atoms with Crippen molar-refractivity contribution in [2.75, 3.05) is 31.2 Å². The van der Waals surface area contributed by atoms with Crippen LogP contribution < -0.4 is 15.4 Å². The van der Waals surface area contributed by atoms with Gasteiger partial charge in [0.05, 0.1) is 18.1 Å². The number of nitrogens with zero attached hydrogens (tertiary/aromatic N) is 1. The maximum Gasteiger partial charge on any atom is 0.191 e. The summed E-state index contributed by atoms with van der Waals surface area (Å²) in [5.41, 5.74) is 2.22. The summed E-state index contributed by atoms with van der Waals surface area (Å²) < 4.78 is 28.9. The Balaban J connectivity index is 0.00000312. The lowest BCUT2D eigenvalue weighted by Crippen LogP contribution is -2.44. The van der Waals surface area contributed by atoms with E-state index in [9.17, 15) is 8.42 Å². The molecular formula is C17H28IN3O3S. The van der Waals surface area contributed by atoms with Gasteiger partial charge in [0.25, 0.3) is 0 Å². The summed E-state index contributed by atoms with van der Waals surface area (Å²) in [7, 11) is -2.90. The summed E-state index contributed by atoms with van der Waals surface area (Å²) in [5.74, 6) is 1.98. The quantitative estimate of drug-likeness (QED) is 0.282. The number of nitrogens with one attached hydrogen (secondary N) is 2. The van der Waals surface area contributed by atoms with Gasteiger partial charge >= 0.3 is 0 Å². The molecule has 0 amide bonds. The summed E-state index contributed by atoms with van der Waals surface area (Å²) in [6.45, 7) is 7.74. The summed E-state index contributed by atoms with van der Waals surface area (Å²) in [5, 5.41) is 6.34. The summed E-state index contributed by atoms with van der Waals surface area (Å²) in [6, 6.07) is 6.00. The van der Waals surface area contributed by atoms with Crippen molar-refractivity contribution >= 4 is 39.8 Å². The Morgan fingerprint density at radius 1 is 1.32 bits per heavy atom. The minimum absolute atomic E-state index is 0. The second-order valence-electron chi connectivity index (χ2n) is 6.07. The van der Waals surface area contributed by atoms with Crippen molar-refractivity contribution in [3.05, 3.63) is 29.3 Å². The fourth-order valence-electron chi connectivity index (χ4n) is 2.75. The average Bonchev–Trinajstić information content (AvgIpc) is 2.85. The van der Waals surface area contributed by atoms with Gasteiger partial charge < -0.3 is 15.4 Å². The Kier molecular flexibility index (Phi) is 8.98. The minimum Gasteiger partial charge on any atom is -0.491 e. The van der Waals surface area contributed by atoms with Crippen molar-refractivity contribution in [3.8, 4) is 5.75 Å². The summed E-state index contributed by atoms with van der Waals surface area (Å²) in [6.07, 6.45) is 0.631. The van der Waals surface area contributed by atoms with Crippen LogP contribution in [0.5, 0.6) is 5.75 Å². The molecule has 6 nitrogen and oxygen atoms in total. The molecule has 1 aliphatic rings. The predicted molar refractivity (Wildman–Crippen MR) is 113 cm³/mol. The topological polar surface area (TPSA) is 79.8 Å². The van der Waals surface area contributed by atoms with Crippen molar-refractivity contribution in [3.63, 3.8) is 0 Å². The molecule has 1 saturated heterocycles. The van der Waals surface area contributed by atoms with Gasteiger partial charge in [0.2, 0.25) is 0 Å². The van der Waals surface area contributed by atoms with Gasteiger partial charge in [-0.3, -0.25) is 0 Å². The number of aryl methyl sites for hydroxylation is 2. The van der Waals surface area contributed by atoms with E-state index in [1.165, 1.54) is 0 Å². The number of hydrogen-bond donors (Lipinski definition) is 2. The van der Waals surface area contributed by atoms with E-state index in [-0.39, 0.29) is 41.5 Å². The van der Waals surface area contributed by atoms with E-state index >= 15 is 0 Å². The van der Waals surface area contributed by atoms with Crippen molar-refractivity contribution in [1.29, 1.82) is 0 Å². The second-order valence-corrected chi connectivity index (χ2v) is 8.30. The minimum atomic E-state index is -2.90. The average molecular weight is 481 g/mol. The zero-order chi connectivity index (χ0) is 17.6. The van der Waals surface area contributed by atoms with E-state index in [2.05, 4.69) is 15.6 Å². The van der Waals surface area contributed by atoms with Gasteiger partial charge in [-0.1, -0.05) is 18.2 Å². The molecule has 2 rings (SSSR count). The second kappa shape index (κ2) is 10.2. The predicted octanol–water partition coefficient (Wildman–Crippen LogP) is 2.04. The van der Waals surface area contributed by atoms with Crippen molar-refractivity contribution in [2.24, 2.45) is 4.99 Å². The maximum absolute atomic E-state index is 11.5. The largest absolute Gasteiger partial charge is 0.491 e. The normalized spacial score (nSPS) is 19.2. The molecule has 0 spiro atoms. The van der Waals surface area contributed by atoms with Gasteiger partial charge in [0.1, 0.15) is 12.4 Å². The Morgan fingerprint density at radius 2 is 2.00 bits per heavy atom. The zero-order valence-electron chi connectivity index (χ0n) is 15.0. The fourth-order valence-corrected chi connectivity index (χ4v) is 4.43. The first-order valence-corrected chi connectivity index (χ1v) is 10.2. The zero-order valence-corrected chi connectivity index (χ0v) is 18.2. The van der Waals surface area contributed by atoms with E-state index in [1.807, 2.05) is 39.0 Å². The Hall–Kier alpha value is -1.03. The number of ether oxygens (including phenoxy) is 1. The van der Waals surface area contributed by atoms with Crippen molar-refractivity contribution < 1.29 is 13.2 Å². The summed E-state index contributed by atoms with van der Waals surface area (Å²) >= 11 is 0. The molecule has 25 heavy (non-hydrogen) atoms. The third-order valence-electron chi connectivity index (χ3n) is 3.93. The number of benzene rings is 1. The number of sulfone groups is 1. The lowest BCUT2D eigenvalue weighted by atomic mass is 10.1. The first kappa shape index (κ1) is 22.0. The molecule has 1 aliphatic heterocycles. The molecule has 0 aromatic heterocycles.